The van der Waals surface area contributed by atoms with Crippen LogP contribution in [-0.4, -0.2) is 66.4 Å². The lowest BCUT2D eigenvalue weighted by molar-refractivity contribution is 0.102. The lowest BCUT2D eigenvalue weighted by Gasteiger charge is -2.30. The first-order chi connectivity index (χ1) is 17.2. The maximum Gasteiger partial charge on any atom is 0.278 e. The molecule has 0 aliphatic carbocycles. The summed E-state index contributed by atoms with van der Waals surface area (Å²) in [6, 6.07) is 9.53. The van der Waals surface area contributed by atoms with Crippen LogP contribution in [0.4, 0.5) is 17.2 Å². The summed E-state index contributed by atoms with van der Waals surface area (Å²) in [5.41, 5.74) is 8.93. The van der Waals surface area contributed by atoms with Gasteiger partial charge < -0.3 is 30.7 Å². The monoisotopic (exact) mass is 475 g/mol. The molecule has 0 saturated carbocycles. The maximum absolute atomic E-state index is 13.1. The Morgan fingerprint density at radius 3 is 2.66 bits per heavy atom. The second-order valence-electron chi connectivity index (χ2n) is 8.53. The lowest BCUT2D eigenvalue weighted by Crippen LogP contribution is -2.36. The van der Waals surface area contributed by atoms with Crippen molar-refractivity contribution in [1.82, 2.24) is 20.3 Å². The normalized spacial score (nSPS) is 16.6. The van der Waals surface area contributed by atoms with Crippen molar-refractivity contribution in [1.29, 1.82) is 0 Å². The Hall–Kier alpha value is -3.76. The van der Waals surface area contributed by atoms with Crippen LogP contribution < -0.4 is 26.0 Å². The second-order valence-corrected chi connectivity index (χ2v) is 8.53. The SMILES string of the molecule is Nc1ncc(-c2ccc(OC3CCNCC3)cc2)nc1C(=O)Nc1cnccc1N1CCOCC1. The molecule has 35 heavy (non-hydrogen) atoms. The smallest absolute Gasteiger partial charge is 0.278 e. The van der Waals surface area contributed by atoms with Crippen molar-refractivity contribution in [2.24, 2.45) is 0 Å². The number of rotatable bonds is 6. The highest BCUT2D eigenvalue weighted by atomic mass is 16.5. The summed E-state index contributed by atoms with van der Waals surface area (Å²) in [6.45, 7) is 4.70. The Morgan fingerprint density at radius 1 is 1.11 bits per heavy atom. The molecule has 2 aliphatic heterocycles. The molecule has 1 aromatic carbocycles. The van der Waals surface area contributed by atoms with E-state index in [2.05, 4.69) is 30.5 Å². The van der Waals surface area contributed by atoms with Gasteiger partial charge in [0, 0.05) is 24.8 Å². The van der Waals surface area contributed by atoms with Gasteiger partial charge in [-0.1, -0.05) is 0 Å². The lowest BCUT2D eigenvalue weighted by atomic mass is 10.1. The Bertz CT molecular complexity index is 1160. The van der Waals surface area contributed by atoms with Gasteiger partial charge in [0.15, 0.2) is 11.5 Å². The Balaban J connectivity index is 1.32. The average molecular weight is 476 g/mol. The summed E-state index contributed by atoms with van der Waals surface area (Å²) in [5.74, 6) is 0.438. The van der Waals surface area contributed by atoms with Crippen LogP contribution >= 0.6 is 0 Å². The minimum atomic E-state index is -0.440. The summed E-state index contributed by atoms with van der Waals surface area (Å²) in [7, 11) is 0. The molecule has 3 aromatic rings. The predicted octanol–water partition coefficient (Wildman–Crippen LogP) is 2.34. The van der Waals surface area contributed by atoms with E-state index in [9.17, 15) is 4.79 Å². The van der Waals surface area contributed by atoms with E-state index in [0.29, 0.717) is 24.6 Å². The minimum Gasteiger partial charge on any atom is -0.490 e. The van der Waals surface area contributed by atoms with Gasteiger partial charge in [-0.15, -0.1) is 0 Å². The van der Waals surface area contributed by atoms with Crippen molar-refractivity contribution in [2.75, 3.05) is 55.3 Å². The van der Waals surface area contributed by atoms with E-state index in [-0.39, 0.29) is 17.6 Å². The number of piperidine rings is 1. The zero-order chi connectivity index (χ0) is 24.0. The second kappa shape index (κ2) is 10.7. The van der Waals surface area contributed by atoms with Crippen molar-refractivity contribution in [3.8, 4) is 17.0 Å². The fourth-order valence-corrected chi connectivity index (χ4v) is 4.26. The van der Waals surface area contributed by atoms with Crippen LogP contribution in [0.3, 0.4) is 0 Å². The van der Waals surface area contributed by atoms with Gasteiger partial charge in [-0.3, -0.25) is 9.78 Å². The Morgan fingerprint density at radius 2 is 1.89 bits per heavy atom. The van der Waals surface area contributed by atoms with Gasteiger partial charge in [0.1, 0.15) is 11.9 Å². The van der Waals surface area contributed by atoms with Crippen molar-refractivity contribution in [3.05, 3.63) is 54.6 Å². The van der Waals surface area contributed by atoms with E-state index in [1.807, 2.05) is 30.3 Å². The molecule has 4 heterocycles. The number of amides is 1. The number of nitrogen functional groups attached to an aromatic ring is 1. The molecule has 10 nitrogen and oxygen atoms in total. The van der Waals surface area contributed by atoms with Crippen LogP contribution in [0, 0.1) is 0 Å². The molecule has 2 fully saturated rings. The molecule has 0 unspecified atom stereocenters. The van der Waals surface area contributed by atoms with Crippen LogP contribution in [0.5, 0.6) is 5.75 Å². The third kappa shape index (κ3) is 5.50. The molecule has 0 bridgehead atoms. The number of ether oxygens (including phenoxy) is 2. The fourth-order valence-electron chi connectivity index (χ4n) is 4.26. The predicted molar refractivity (Wildman–Crippen MR) is 134 cm³/mol. The first-order valence-corrected chi connectivity index (χ1v) is 11.9. The molecule has 4 N–H and O–H groups in total. The van der Waals surface area contributed by atoms with E-state index in [4.69, 9.17) is 15.2 Å². The molecule has 2 aliphatic rings. The van der Waals surface area contributed by atoms with Gasteiger partial charge in [-0.25, -0.2) is 9.97 Å². The maximum atomic E-state index is 13.1. The number of nitrogens with zero attached hydrogens (tertiary/aromatic N) is 4. The van der Waals surface area contributed by atoms with Gasteiger partial charge in [-0.05, 0) is 56.3 Å². The molecular formula is C25H29N7O3. The number of anilines is 3. The molecule has 2 aromatic heterocycles. The standard InChI is InChI=1S/C25H29N7O3/c26-24-23(25(33)31-21-15-28-10-7-22(21)32-11-13-34-14-12-32)30-20(16-29-24)17-1-3-18(4-2-17)35-19-5-8-27-9-6-19/h1-4,7,10,15-16,19,27H,5-6,8-9,11-14H2,(H2,26,29)(H,31,33). The number of hydrogen-bond donors (Lipinski definition) is 3. The summed E-state index contributed by atoms with van der Waals surface area (Å²) in [4.78, 5) is 28.2. The van der Waals surface area contributed by atoms with Crippen molar-refractivity contribution in [3.63, 3.8) is 0 Å². The van der Waals surface area contributed by atoms with Crippen LogP contribution in [-0.2, 0) is 4.74 Å². The number of hydrogen-bond acceptors (Lipinski definition) is 9. The van der Waals surface area contributed by atoms with E-state index in [1.165, 1.54) is 0 Å². The molecule has 10 heteroatoms. The molecule has 2 saturated heterocycles. The van der Waals surface area contributed by atoms with Crippen LogP contribution in [0.25, 0.3) is 11.3 Å². The molecule has 5 rings (SSSR count). The third-order valence-electron chi connectivity index (χ3n) is 6.15. The van der Waals surface area contributed by atoms with Crippen molar-refractivity contribution < 1.29 is 14.3 Å². The number of carbonyl (C=O) groups excluding carboxylic acids is 1. The number of carbonyl (C=O) groups is 1. The highest BCUT2D eigenvalue weighted by Crippen LogP contribution is 2.27. The first-order valence-electron chi connectivity index (χ1n) is 11.9. The van der Waals surface area contributed by atoms with Crippen LogP contribution in [0.2, 0.25) is 0 Å². The number of nitrogens with two attached hydrogens (primary N) is 1. The molecule has 0 atom stereocenters. The number of nitrogens with one attached hydrogen (secondary N) is 2. The fraction of sp³-hybridized carbons (Fsp3) is 0.360. The van der Waals surface area contributed by atoms with Gasteiger partial charge in [0.2, 0.25) is 0 Å². The van der Waals surface area contributed by atoms with E-state index in [1.54, 1.807) is 18.6 Å². The summed E-state index contributed by atoms with van der Waals surface area (Å²) < 4.78 is 11.5. The van der Waals surface area contributed by atoms with E-state index < -0.39 is 5.91 Å². The zero-order valence-corrected chi connectivity index (χ0v) is 19.4. The van der Waals surface area contributed by atoms with Crippen molar-refractivity contribution >= 4 is 23.1 Å². The topological polar surface area (TPSA) is 128 Å². The largest absolute Gasteiger partial charge is 0.490 e. The minimum absolute atomic E-state index is 0.0638. The van der Waals surface area contributed by atoms with Gasteiger partial charge >= 0.3 is 0 Å². The molecule has 182 valence electrons. The van der Waals surface area contributed by atoms with Gasteiger partial charge in [0.05, 0.1) is 42.7 Å². The molecule has 0 spiro atoms. The summed E-state index contributed by atoms with van der Waals surface area (Å²) in [5, 5.41) is 6.24. The molecule has 0 radical (unpaired) electrons. The quantitative estimate of drug-likeness (QED) is 0.492. The van der Waals surface area contributed by atoms with E-state index in [0.717, 1.165) is 56.0 Å². The van der Waals surface area contributed by atoms with E-state index >= 15 is 0 Å². The number of morpholine rings is 1. The Labute approximate surface area is 203 Å². The van der Waals surface area contributed by atoms with Crippen molar-refractivity contribution in [2.45, 2.75) is 18.9 Å². The summed E-state index contributed by atoms with van der Waals surface area (Å²) in [6.07, 6.45) is 7.11. The number of pyridine rings is 1. The van der Waals surface area contributed by atoms with Gasteiger partial charge in [-0.2, -0.15) is 0 Å². The highest BCUT2D eigenvalue weighted by Gasteiger charge is 2.20. The Kier molecular flexibility index (Phi) is 7.01. The molecule has 1 amide bonds. The van der Waals surface area contributed by atoms with Crippen LogP contribution in [0.15, 0.2) is 48.9 Å². The summed E-state index contributed by atoms with van der Waals surface area (Å²) >= 11 is 0. The first kappa shape index (κ1) is 23.0. The highest BCUT2D eigenvalue weighted by molar-refractivity contribution is 6.07. The number of aromatic nitrogens is 3. The van der Waals surface area contributed by atoms with Gasteiger partial charge in [0.25, 0.3) is 5.91 Å². The molecular weight excluding hydrogens is 446 g/mol. The van der Waals surface area contributed by atoms with Crippen LogP contribution in [0.1, 0.15) is 23.3 Å². The zero-order valence-electron chi connectivity index (χ0n) is 19.4. The third-order valence-corrected chi connectivity index (χ3v) is 6.15. The number of benzene rings is 1. The average Bonchev–Trinajstić information content (AvgIpc) is 2.91.